The molecule has 0 bridgehead atoms. The number of thioether (sulfide) groups is 1. The van der Waals surface area contributed by atoms with E-state index in [1.165, 1.54) is 24.9 Å². The smallest absolute Gasteiger partial charge is 0.223 e. The van der Waals surface area contributed by atoms with Crippen LogP contribution in [0.25, 0.3) is 11.6 Å². The summed E-state index contributed by atoms with van der Waals surface area (Å²) in [5, 5.41) is 9.84. The highest BCUT2D eigenvalue weighted by atomic mass is 32.2. The molecule has 1 aromatic carbocycles. The Labute approximate surface area is 210 Å². The molecule has 0 spiro atoms. The number of hydrogen-bond donors (Lipinski definition) is 0. The summed E-state index contributed by atoms with van der Waals surface area (Å²) >= 11 is 1.63. The first-order valence-corrected chi connectivity index (χ1v) is 13.5. The average molecular weight is 496 g/mol. The summed E-state index contributed by atoms with van der Waals surface area (Å²) in [5.74, 6) is 3.31. The molecule has 2 fully saturated rings. The van der Waals surface area contributed by atoms with Crippen LogP contribution in [0.5, 0.6) is 5.75 Å². The van der Waals surface area contributed by atoms with Gasteiger partial charge in [0.1, 0.15) is 5.75 Å². The van der Waals surface area contributed by atoms with Crippen molar-refractivity contribution < 1.29 is 13.9 Å². The summed E-state index contributed by atoms with van der Waals surface area (Å²) in [5.41, 5.74) is 1.17. The van der Waals surface area contributed by atoms with E-state index in [0.717, 1.165) is 61.5 Å². The van der Waals surface area contributed by atoms with E-state index in [9.17, 15) is 4.79 Å². The number of aromatic nitrogens is 3. The quantitative estimate of drug-likeness (QED) is 0.412. The standard InChI is InChI=1S/C26H33N5O3S/c1-33-22-11-9-20(10-12-22)29-14-16-30(17-15-29)24(32)13-19-35-26-28-27-25(23-8-5-18-34-23)31(26)21-6-3-2-4-7-21/h5,8-12,18,21H,2-4,6-7,13-17,19H2,1H3. The zero-order valence-corrected chi connectivity index (χ0v) is 21.1. The van der Waals surface area contributed by atoms with E-state index in [1.807, 2.05) is 29.2 Å². The Morgan fingerprint density at radius 3 is 2.51 bits per heavy atom. The lowest BCUT2D eigenvalue weighted by Crippen LogP contribution is -2.48. The summed E-state index contributed by atoms with van der Waals surface area (Å²) in [7, 11) is 1.68. The second-order valence-electron chi connectivity index (χ2n) is 9.11. The van der Waals surface area contributed by atoms with E-state index in [-0.39, 0.29) is 5.91 Å². The predicted molar refractivity (Wildman–Crippen MR) is 137 cm³/mol. The summed E-state index contributed by atoms with van der Waals surface area (Å²) < 4.78 is 13.1. The number of carbonyl (C=O) groups is 1. The maximum Gasteiger partial charge on any atom is 0.223 e. The van der Waals surface area contributed by atoms with Crippen molar-refractivity contribution >= 4 is 23.4 Å². The summed E-state index contributed by atoms with van der Waals surface area (Å²) in [6.07, 6.45) is 8.19. The van der Waals surface area contributed by atoms with Gasteiger partial charge in [0.2, 0.25) is 11.7 Å². The molecule has 1 saturated heterocycles. The number of hydrogen-bond acceptors (Lipinski definition) is 7. The van der Waals surface area contributed by atoms with Gasteiger partial charge in [-0.15, -0.1) is 10.2 Å². The van der Waals surface area contributed by atoms with Crippen LogP contribution in [-0.4, -0.2) is 64.6 Å². The third-order valence-corrected chi connectivity index (χ3v) is 7.91. The zero-order valence-electron chi connectivity index (χ0n) is 20.3. The number of rotatable bonds is 8. The number of methoxy groups -OCH3 is 1. The molecule has 1 saturated carbocycles. The Bertz CT molecular complexity index is 1080. The lowest BCUT2D eigenvalue weighted by Gasteiger charge is -2.36. The first kappa shape index (κ1) is 23.8. The van der Waals surface area contributed by atoms with Crippen LogP contribution in [-0.2, 0) is 4.79 Å². The number of carbonyl (C=O) groups excluding carboxylic acids is 1. The van der Waals surface area contributed by atoms with Gasteiger partial charge in [-0.1, -0.05) is 31.0 Å². The largest absolute Gasteiger partial charge is 0.497 e. The molecule has 2 aromatic heterocycles. The minimum absolute atomic E-state index is 0.210. The third-order valence-electron chi connectivity index (χ3n) is 6.96. The minimum Gasteiger partial charge on any atom is -0.497 e. The Morgan fingerprint density at radius 2 is 1.83 bits per heavy atom. The molecule has 1 amide bonds. The summed E-state index contributed by atoms with van der Waals surface area (Å²) in [6, 6.07) is 12.3. The van der Waals surface area contributed by atoms with Crippen molar-refractivity contribution in [3.63, 3.8) is 0 Å². The van der Waals surface area contributed by atoms with E-state index in [0.29, 0.717) is 18.2 Å². The second-order valence-corrected chi connectivity index (χ2v) is 10.2. The van der Waals surface area contributed by atoms with Crippen LogP contribution in [0.3, 0.4) is 0 Å². The van der Waals surface area contributed by atoms with E-state index in [2.05, 4.69) is 31.8 Å². The highest BCUT2D eigenvalue weighted by molar-refractivity contribution is 7.99. The molecular formula is C26H33N5O3S. The van der Waals surface area contributed by atoms with E-state index < -0.39 is 0 Å². The van der Waals surface area contributed by atoms with Gasteiger partial charge in [-0.05, 0) is 49.2 Å². The molecule has 1 aliphatic heterocycles. The lowest BCUT2D eigenvalue weighted by atomic mass is 9.95. The van der Waals surface area contributed by atoms with Gasteiger partial charge < -0.3 is 19.0 Å². The minimum atomic E-state index is 0.210. The van der Waals surface area contributed by atoms with Crippen LogP contribution in [0, 0.1) is 0 Å². The molecule has 1 aliphatic carbocycles. The molecule has 3 heterocycles. The number of anilines is 1. The Balaban J connectivity index is 1.15. The van der Waals surface area contributed by atoms with Crippen molar-refractivity contribution in [3.8, 4) is 17.3 Å². The fraction of sp³-hybridized carbons (Fsp3) is 0.500. The van der Waals surface area contributed by atoms with Gasteiger partial charge in [0.15, 0.2) is 10.9 Å². The first-order valence-electron chi connectivity index (χ1n) is 12.5. The molecule has 0 unspecified atom stereocenters. The van der Waals surface area contributed by atoms with Crippen LogP contribution < -0.4 is 9.64 Å². The number of benzene rings is 1. The van der Waals surface area contributed by atoms with Crippen molar-refractivity contribution in [2.24, 2.45) is 0 Å². The fourth-order valence-corrected chi connectivity index (χ4v) is 5.94. The molecule has 35 heavy (non-hydrogen) atoms. The SMILES string of the molecule is COc1ccc(N2CCN(C(=O)CCSc3nnc(-c4ccco4)n3C3CCCCC3)CC2)cc1. The lowest BCUT2D eigenvalue weighted by molar-refractivity contribution is -0.131. The molecule has 9 heteroatoms. The maximum atomic E-state index is 12.9. The van der Waals surface area contributed by atoms with E-state index >= 15 is 0 Å². The van der Waals surface area contributed by atoms with Gasteiger partial charge >= 0.3 is 0 Å². The number of ether oxygens (including phenoxy) is 1. The number of piperazine rings is 1. The molecule has 0 atom stereocenters. The molecule has 0 radical (unpaired) electrons. The molecule has 186 valence electrons. The fourth-order valence-electron chi connectivity index (χ4n) is 5.01. The van der Waals surface area contributed by atoms with Crippen LogP contribution >= 0.6 is 11.8 Å². The van der Waals surface area contributed by atoms with Crippen LogP contribution in [0.4, 0.5) is 5.69 Å². The van der Waals surface area contributed by atoms with Crippen molar-refractivity contribution in [2.75, 3.05) is 43.9 Å². The van der Waals surface area contributed by atoms with Gasteiger partial charge in [-0.3, -0.25) is 9.36 Å². The first-order chi connectivity index (χ1) is 17.2. The zero-order chi connectivity index (χ0) is 24.0. The second kappa shape index (κ2) is 11.2. The normalized spacial score (nSPS) is 17.1. The monoisotopic (exact) mass is 495 g/mol. The maximum absolute atomic E-state index is 12.9. The van der Waals surface area contributed by atoms with Gasteiger partial charge in [0, 0.05) is 50.1 Å². The predicted octanol–water partition coefficient (Wildman–Crippen LogP) is 4.88. The van der Waals surface area contributed by atoms with Crippen molar-refractivity contribution in [1.29, 1.82) is 0 Å². The number of amides is 1. The molecule has 2 aliphatic rings. The van der Waals surface area contributed by atoms with E-state index in [4.69, 9.17) is 9.15 Å². The number of furan rings is 1. The van der Waals surface area contributed by atoms with Crippen molar-refractivity contribution in [1.82, 2.24) is 19.7 Å². The van der Waals surface area contributed by atoms with Gasteiger partial charge in [0.25, 0.3) is 0 Å². The van der Waals surface area contributed by atoms with Crippen LogP contribution in [0.1, 0.15) is 44.6 Å². The highest BCUT2D eigenvalue weighted by Gasteiger charge is 2.26. The highest BCUT2D eigenvalue weighted by Crippen LogP contribution is 2.35. The van der Waals surface area contributed by atoms with Gasteiger partial charge in [-0.25, -0.2) is 0 Å². The molecule has 8 nitrogen and oxygen atoms in total. The molecule has 0 N–H and O–H groups in total. The Morgan fingerprint density at radius 1 is 1.06 bits per heavy atom. The van der Waals surface area contributed by atoms with E-state index in [1.54, 1.807) is 25.1 Å². The van der Waals surface area contributed by atoms with Crippen LogP contribution in [0.2, 0.25) is 0 Å². The summed E-state index contributed by atoms with van der Waals surface area (Å²) in [4.78, 5) is 17.2. The van der Waals surface area contributed by atoms with Crippen LogP contribution in [0.15, 0.2) is 52.2 Å². The molecule has 5 rings (SSSR count). The molecule has 3 aromatic rings. The Kier molecular flexibility index (Phi) is 7.61. The topological polar surface area (TPSA) is 76.6 Å². The third kappa shape index (κ3) is 5.50. The summed E-state index contributed by atoms with van der Waals surface area (Å²) in [6.45, 7) is 3.17. The average Bonchev–Trinajstić information content (AvgIpc) is 3.59. The molecular weight excluding hydrogens is 462 g/mol. The van der Waals surface area contributed by atoms with Gasteiger partial charge in [-0.2, -0.15) is 0 Å². The van der Waals surface area contributed by atoms with Crippen molar-refractivity contribution in [2.45, 2.75) is 49.7 Å². The Hall–Kier alpha value is -2.94. The number of nitrogens with zero attached hydrogens (tertiary/aromatic N) is 5. The van der Waals surface area contributed by atoms with Crippen molar-refractivity contribution in [3.05, 3.63) is 42.7 Å². The van der Waals surface area contributed by atoms with Gasteiger partial charge in [0.05, 0.1) is 13.4 Å².